The zero-order valence-corrected chi connectivity index (χ0v) is 10.5. The van der Waals surface area contributed by atoms with E-state index in [9.17, 15) is 4.79 Å². The highest BCUT2D eigenvalue weighted by Crippen LogP contribution is 2.14. The fraction of sp³-hybridized carbons (Fsp3) is 0.182. The quantitative estimate of drug-likeness (QED) is 0.731. The van der Waals surface area contributed by atoms with Crippen LogP contribution in [-0.4, -0.2) is 27.9 Å². The number of rotatable bonds is 4. The fourth-order valence-corrected chi connectivity index (χ4v) is 1.63. The summed E-state index contributed by atoms with van der Waals surface area (Å²) < 4.78 is 0. The first-order valence-corrected chi connectivity index (χ1v) is 5.68. The van der Waals surface area contributed by atoms with Gasteiger partial charge in [-0.1, -0.05) is 11.6 Å². The molecule has 0 saturated heterocycles. The van der Waals surface area contributed by atoms with E-state index in [1.54, 1.807) is 25.5 Å². The third-order valence-electron chi connectivity index (χ3n) is 2.28. The summed E-state index contributed by atoms with van der Waals surface area (Å²) in [7, 11) is 1.71. The molecule has 0 aliphatic heterocycles. The minimum absolute atomic E-state index is 0.229. The Kier molecular flexibility index (Phi) is 3.78. The van der Waals surface area contributed by atoms with Crippen molar-refractivity contribution in [1.29, 1.82) is 0 Å². The van der Waals surface area contributed by atoms with Crippen molar-refractivity contribution in [2.24, 2.45) is 0 Å². The molecule has 3 N–H and O–H groups in total. The molecule has 0 atom stereocenters. The SMILES string of the molecule is CNc1cc(C(=O)NCc2ncc[nH]2)cc(Cl)n1. The summed E-state index contributed by atoms with van der Waals surface area (Å²) in [5.41, 5.74) is 0.450. The number of H-pyrrole nitrogens is 1. The molecule has 6 nitrogen and oxygen atoms in total. The molecule has 2 rings (SSSR count). The molecule has 0 aliphatic carbocycles. The lowest BCUT2D eigenvalue weighted by Gasteiger charge is -2.06. The topological polar surface area (TPSA) is 82.7 Å². The number of amides is 1. The van der Waals surface area contributed by atoms with E-state index in [2.05, 4.69) is 25.6 Å². The fourth-order valence-electron chi connectivity index (χ4n) is 1.42. The lowest BCUT2D eigenvalue weighted by atomic mass is 10.2. The zero-order chi connectivity index (χ0) is 13.0. The van der Waals surface area contributed by atoms with Crippen LogP contribution >= 0.6 is 11.6 Å². The highest BCUT2D eigenvalue weighted by Gasteiger charge is 2.09. The summed E-state index contributed by atoms with van der Waals surface area (Å²) in [6, 6.07) is 3.14. The van der Waals surface area contributed by atoms with Crippen molar-refractivity contribution in [3.8, 4) is 0 Å². The summed E-state index contributed by atoms with van der Waals surface area (Å²) in [4.78, 5) is 22.8. The molecule has 0 bridgehead atoms. The van der Waals surface area contributed by atoms with Gasteiger partial charge in [-0.25, -0.2) is 9.97 Å². The van der Waals surface area contributed by atoms with Crippen LogP contribution in [0.3, 0.4) is 0 Å². The van der Waals surface area contributed by atoms with Gasteiger partial charge in [-0.05, 0) is 12.1 Å². The van der Waals surface area contributed by atoms with Crippen molar-refractivity contribution < 1.29 is 4.79 Å². The largest absolute Gasteiger partial charge is 0.373 e. The number of carbonyl (C=O) groups is 1. The molecule has 2 heterocycles. The van der Waals surface area contributed by atoms with Gasteiger partial charge in [0.25, 0.3) is 5.91 Å². The summed E-state index contributed by atoms with van der Waals surface area (Å²) >= 11 is 5.82. The van der Waals surface area contributed by atoms with Gasteiger partial charge in [-0.15, -0.1) is 0 Å². The Bertz CT molecular complexity index is 540. The van der Waals surface area contributed by atoms with E-state index < -0.39 is 0 Å². The third-order valence-corrected chi connectivity index (χ3v) is 2.48. The Morgan fingerprint density at radius 3 is 3.00 bits per heavy atom. The first-order chi connectivity index (χ1) is 8.69. The molecule has 18 heavy (non-hydrogen) atoms. The van der Waals surface area contributed by atoms with Gasteiger partial charge < -0.3 is 15.6 Å². The molecule has 0 fully saturated rings. The molecule has 7 heteroatoms. The number of nitrogens with zero attached hydrogens (tertiary/aromatic N) is 2. The number of halogens is 1. The minimum Gasteiger partial charge on any atom is -0.373 e. The van der Waals surface area contributed by atoms with E-state index in [1.807, 2.05) is 0 Å². The molecule has 2 aromatic rings. The molecule has 0 unspecified atom stereocenters. The maximum atomic E-state index is 11.9. The van der Waals surface area contributed by atoms with Crippen molar-refractivity contribution in [1.82, 2.24) is 20.3 Å². The average molecular weight is 266 g/mol. The lowest BCUT2D eigenvalue weighted by Crippen LogP contribution is -2.23. The van der Waals surface area contributed by atoms with Crippen LogP contribution in [0, 0.1) is 0 Å². The summed E-state index contributed by atoms with van der Waals surface area (Å²) in [6.07, 6.45) is 3.33. The average Bonchev–Trinajstić information content (AvgIpc) is 2.88. The Morgan fingerprint density at radius 1 is 1.50 bits per heavy atom. The van der Waals surface area contributed by atoms with E-state index in [0.717, 1.165) is 0 Å². The van der Waals surface area contributed by atoms with Crippen LogP contribution in [0.1, 0.15) is 16.2 Å². The van der Waals surface area contributed by atoms with Crippen molar-refractivity contribution in [3.63, 3.8) is 0 Å². The maximum absolute atomic E-state index is 11.9. The van der Waals surface area contributed by atoms with Gasteiger partial charge in [0.15, 0.2) is 0 Å². The lowest BCUT2D eigenvalue weighted by molar-refractivity contribution is 0.0950. The van der Waals surface area contributed by atoms with Crippen LogP contribution in [-0.2, 0) is 6.54 Å². The van der Waals surface area contributed by atoms with Gasteiger partial charge in [0.2, 0.25) is 0 Å². The summed E-state index contributed by atoms with van der Waals surface area (Å²) in [5, 5.41) is 5.84. The number of aromatic amines is 1. The Labute approximate surface area is 109 Å². The first-order valence-electron chi connectivity index (χ1n) is 5.31. The molecule has 0 spiro atoms. The summed E-state index contributed by atoms with van der Waals surface area (Å²) in [5.74, 6) is 1.01. The van der Waals surface area contributed by atoms with Crippen LogP contribution < -0.4 is 10.6 Å². The van der Waals surface area contributed by atoms with E-state index in [0.29, 0.717) is 23.8 Å². The Hall–Kier alpha value is -2.08. The number of imidazole rings is 1. The number of anilines is 1. The van der Waals surface area contributed by atoms with Crippen molar-refractivity contribution in [2.45, 2.75) is 6.54 Å². The molecular weight excluding hydrogens is 254 g/mol. The standard InChI is InChI=1S/C11H12ClN5O/c1-13-9-5-7(4-8(12)17-9)11(18)16-6-10-14-2-3-15-10/h2-5H,6H2,1H3,(H,13,17)(H,14,15)(H,16,18). The van der Waals surface area contributed by atoms with E-state index in [4.69, 9.17) is 11.6 Å². The van der Waals surface area contributed by atoms with Gasteiger partial charge in [0, 0.05) is 25.0 Å². The second-order valence-corrected chi connectivity index (χ2v) is 3.92. The predicted octanol–water partition coefficient (Wildman–Crippen LogP) is 1.43. The number of aromatic nitrogens is 3. The minimum atomic E-state index is -0.229. The normalized spacial score (nSPS) is 10.1. The third kappa shape index (κ3) is 2.98. The smallest absolute Gasteiger partial charge is 0.251 e. The van der Waals surface area contributed by atoms with Gasteiger partial charge in [-0.3, -0.25) is 4.79 Å². The number of nitrogens with one attached hydrogen (secondary N) is 3. The summed E-state index contributed by atoms with van der Waals surface area (Å²) in [6.45, 7) is 0.334. The van der Waals surface area contributed by atoms with Crippen molar-refractivity contribution in [2.75, 3.05) is 12.4 Å². The number of carbonyl (C=O) groups excluding carboxylic acids is 1. The van der Waals surface area contributed by atoms with Crippen molar-refractivity contribution in [3.05, 3.63) is 41.1 Å². The second kappa shape index (κ2) is 5.50. The molecule has 1 amide bonds. The first kappa shape index (κ1) is 12.4. The van der Waals surface area contributed by atoms with Crippen molar-refractivity contribution >= 4 is 23.3 Å². The van der Waals surface area contributed by atoms with Crippen LogP contribution in [0.15, 0.2) is 24.5 Å². The maximum Gasteiger partial charge on any atom is 0.251 e. The zero-order valence-electron chi connectivity index (χ0n) is 9.70. The second-order valence-electron chi connectivity index (χ2n) is 3.53. The Balaban J connectivity index is 2.06. The number of pyridine rings is 1. The van der Waals surface area contributed by atoms with Gasteiger partial charge >= 0.3 is 0 Å². The molecular formula is C11H12ClN5O. The van der Waals surface area contributed by atoms with Crippen LogP contribution in [0.5, 0.6) is 0 Å². The van der Waals surface area contributed by atoms with E-state index in [-0.39, 0.29) is 11.1 Å². The molecule has 2 aromatic heterocycles. The number of hydrogen-bond donors (Lipinski definition) is 3. The molecule has 0 aliphatic rings. The number of hydrogen-bond acceptors (Lipinski definition) is 4. The van der Waals surface area contributed by atoms with Crippen LogP contribution in [0.25, 0.3) is 0 Å². The highest BCUT2D eigenvalue weighted by molar-refractivity contribution is 6.29. The molecule has 0 aromatic carbocycles. The van der Waals surface area contributed by atoms with Crippen LogP contribution in [0.2, 0.25) is 5.15 Å². The monoisotopic (exact) mass is 265 g/mol. The molecule has 94 valence electrons. The highest BCUT2D eigenvalue weighted by atomic mass is 35.5. The Morgan fingerprint density at radius 2 is 2.33 bits per heavy atom. The molecule has 0 radical (unpaired) electrons. The van der Waals surface area contributed by atoms with Crippen LogP contribution in [0.4, 0.5) is 5.82 Å². The van der Waals surface area contributed by atoms with Gasteiger partial charge in [-0.2, -0.15) is 0 Å². The predicted molar refractivity (Wildman–Crippen MR) is 68.6 cm³/mol. The molecule has 0 saturated carbocycles. The van der Waals surface area contributed by atoms with Gasteiger partial charge in [0.1, 0.15) is 16.8 Å². The van der Waals surface area contributed by atoms with E-state index in [1.165, 1.54) is 6.07 Å². The van der Waals surface area contributed by atoms with E-state index >= 15 is 0 Å². The van der Waals surface area contributed by atoms with Gasteiger partial charge in [0.05, 0.1) is 6.54 Å².